The van der Waals surface area contributed by atoms with E-state index in [0.29, 0.717) is 5.75 Å². The smallest absolute Gasteiger partial charge is 0.162 e. The van der Waals surface area contributed by atoms with Gasteiger partial charge < -0.3 is 0 Å². The molecule has 68 valence electrons. The summed E-state index contributed by atoms with van der Waals surface area (Å²) >= 11 is 6.08. The highest BCUT2D eigenvalue weighted by Crippen LogP contribution is 2.63. The molecule has 0 N–H and O–H groups in total. The predicted octanol–water partition coefficient (Wildman–Crippen LogP) is 4.79. The summed E-state index contributed by atoms with van der Waals surface area (Å²) in [4.78, 5) is 0. The monoisotopic (exact) mass is 270 g/mol. The summed E-state index contributed by atoms with van der Waals surface area (Å²) in [5, 5.41) is 0. The molecule has 0 heterocycles. The second-order valence-corrected chi connectivity index (χ2v) is 16.1. The standard InChI is InChI=1S/C5H10Cl4SSi/c1-3-11(2,9)5-4-10(6,7)8/h3H,1,4-5H2,2H3. The van der Waals surface area contributed by atoms with Gasteiger partial charge in [0.1, 0.15) is 0 Å². The normalized spacial score (nSPS) is 19.0. The Bertz CT molecular complexity index is 142. The van der Waals surface area contributed by atoms with Gasteiger partial charge in [-0.15, -0.1) is 6.58 Å². The Labute approximate surface area is 88.4 Å². The molecule has 0 aromatic rings. The van der Waals surface area contributed by atoms with Crippen molar-refractivity contribution in [2.24, 2.45) is 0 Å². The van der Waals surface area contributed by atoms with E-state index in [0.717, 1.165) is 6.04 Å². The Hall–Kier alpha value is 1.47. The fourth-order valence-electron chi connectivity index (χ4n) is 0.417. The highest BCUT2D eigenvalue weighted by molar-refractivity contribution is 8.79. The molecular weight excluding hydrogens is 262 g/mol. The summed E-state index contributed by atoms with van der Waals surface area (Å²) in [6.45, 7) is 5.63. The molecule has 1 unspecified atom stereocenters. The van der Waals surface area contributed by atoms with Gasteiger partial charge in [-0.05, 0) is 45.8 Å². The summed E-state index contributed by atoms with van der Waals surface area (Å²) in [5.41, 5.74) is 1.80. The van der Waals surface area contributed by atoms with Crippen LogP contribution in [0, 0.1) is 0 Å². The summed E-state index contributed by atoms with van der Waals surface area (Å²) in [6, 6.07) is 0.782. The molecule has 0 spiro atoms. The van der Waals surface area contributed by atoms with Crippen molar-refractivity contribution in [2.45, 2.75) is 12.6 Å². The maximum Gasteiger partial charge on any atom is 0.177 e. The van der Waals surface area contributed by atoms with Crippen LogP contribution in [-0.2, 0) is 0 Å². The van der Waals surface area contributed by atoms with E-state index in [1.165, 1.54) is 0 Å². The minimum Gasteiger partial charge on any atom is -0.162 e. The van der Waals surface area contributed by atoms with Crippen molar-refractivity contribution in [3.05, 3.63) is 12.3 Å². The molecule has 0 aliphatic carbocycles. The molecule has 0 saturated heterocycles. The van der Waals surface area contributed by atoms with E-state index >= 15 is 0 Å². The third-order valence-electron chi connectivity index (χ3n) is 1.25. The van der Waals surface area contributed by atoms with Crippen LogP contribution in [0.3, 0.4) is 0 Å². The molecule has 0 aliphatic heterocycles. The second-order valence-electron chi connectivity index (χ2n) is 2.44. The summed E-state index contributed by atoms with van der Waals surface area (Å²) < 4.78 is 0. The van der Waals surface area contributed by atoms with E-state index in [4.69, 9.17) is 43.1 Å². The lowest BCUT2D eigenvalue weighted by atomic mass is 11.0. The molecule has 0 rings (SSSR count). The summed E-state index contributed by atoms with van der Waals surface area (Å²) in [5.74, 6) is 0.579. The fourth-order valence-corrected chi connectivity index (χ4v) is 5.92. The van der Waals surface area contributed by atoms with Gasteiger partial charge in [-0.2, -0.15) is 11.1 Å². The summed E-state index contributed by atoms with van der Waals surface area (Å²) in [7, 11) is 13.2. The van der Waals surface area contributed by atoms with Gasteiger partial charge in [0.2, 0.25) is 0 Å². The van der Waals surface area contributed by atoms with Crippen molar-refractivity contribution in [3.63, 3.8) is 0 Å². The zero-order chi connectivity index (χ0) is 9.12. The number of hydrogen-bond donors (Lipinski definition) is 0. The lowest BCUT2D eigenvalue weighted by molar-refractivity contribution is 1.44. The molecule has 0 fully saturated rings. The molecule has 0 amide bonds. The lowest BCUT2D eigenvalue weighted by Crippen LogP contribution is -2.19. The first-order chi connectivity index (χ1) is 4.77. The third-order valence-corrected chi connectivity index (χ3v) is 6.77. The van der Waals surface area contributed by atoms with Gasteiger partial charge in [-0.25, -0.2) is 0 Å². The van der Waals surface area contributed by atoms with Gasteiger partial charge in [0, 0.05) is 5.75 Å². The molecule has 0 bridgehead atoms. The number of halogens is 4. The van der Waals surface area contributed by atoms with Gasteiger partial charge in [-0.1, -0.05) is 12.2 Å². The van der Waals surface area contributed by atoms with Gasteiger partial charge in [0.05, 0.1) is 0 Å². The van der Waals surface area contributed by atoms with Crippen LogP contribution in [0.2, 0.25) is 12.6 Å². The first-order valence-corrected chi connectivity index (χ1v) is 11.1. The minimum absolute atomic E-state index is 0.579. The molecule has 0 aromatic carbocycles. The van der Waals surface area contributed by atoms with E-state index in [1.807, 2.05) is 6.55 Å². The van der Waals surface area contributed by atoms with Gasteiger partial charge in [0.15, 0.2) is 7.38 Å². The number of hydrogen-bond acceptors (Lipinski definition) is 0. The second kappa shape index (κ2) is 4.63. The van der Waals surface area contributed by atoms with Crippen molar-refractivity contribution in [2.75, 3.05) is 5.75 Å². The molecule has 0 aliphatic rings. The van der Waals surface area contributed by atoms with E-state index in [2.05, 4.69) is 6.58 Å². The SMILES string of the molecule is C=C[Si](C)(Cl)CCS(Cl)(Cl)Cl. The van der Waals surface area contributed by atoms with Gasteiger partial charge in [-0.3, -0.25) is 0 Å². The molecule has 6 heteroatoms. The molecule has 0 aromatic heterocycles. The average Bonchev–Trinajstić information content (AvgIpc) is 1.83. The lowest BCUT2D eigenvalue weighted by Gasteiger charge is -2.20. The Balaban J connectivity index is 3.79. The van der Waals surface area contributed by atoms with Crippen LogP contribution in [0.25, 0.3) is 0 Å². The Kier molecular flexibility index (Phi) is 5.25. The Morgan fingerprint density at radius 2 is 1.91 bits per heavy atom. The van der Waals surface area contributed by atoms with Gasteiger partial charge >= 0.3 is 0 Å². The molecule has 0 nitrogen and oxygen atoms in total. The van der Waals surface area contributed by atoms with Crippen LogP contribution in [-0.4, -0.2) is 13.1 Å². The predicted molar refractivity (Wildman–Crippen MR) is 62.5 cm³/mol. The molecule has 0 radical (unpaired) electrons. The van der Waals surface area contributed by atoms with E-state index < -0.39 is 15.1 Å². The van der Waals surface area contributed by atoms with Crippen LogP contribution >= 0.6 is 50.8 Å². The third kappa shape index (κ3) is 7.82. The Morgan fingerprint density at radius 3 is 2.18 bits per heavy atom. The van der Waals surface area contributed by atoms with Crippen LogP contribution in [0.5, 0.6) is 0 Å². The molecule has 0 saturated carbocycles. The quantitative estimate of drug-likeness (QED) is 0.509. The molecule has 11 heavy (non-hydrogen) atoms. The summed E-state index contributed by atoms with van der Waals surface area (Å²) in [6.07, 6.45) is 0. The van der Waals surface area contributed by atoms with Gasteiger partial charge in [0.25, 0.3) is 0 Å². The van der Waals surface area contributed by atoms with Crippen LogP contribution in [0.15, 0.2) is 12.3 Å². The van der Waals surface area contributed by atoms with E-state index in [-0.39, 0.29) is 0 Å². The van der Waals surface area contributed by atoms with Crippen molar-refractivity contribution in [3.8, 4) is 0 Å². The van der Waals surface area contributed by atoms with Crippen molar-refractivity contribution in [1.82, 2.24) is 0 Å². The van der Waals surface area contributed by atoms with Crippen LogP contribution < -0.4 is 0 Å². The first-order valence-electron chi connectivity index (χ1n) is 2.99. The van der Waals surface area contributed by atoms with Crippen molar-refractivity contribution < 1.29 is 0 Å². The fraction of sp³-hybridized carbons (Fsp3) is 0.600. The van der Waals surface area contributed by atoms with Crippen molar-refractivity contribution in [1.29, 1.82) is 0 Å². The van der Waals surface area contributed by atoms with Crippen molar-refractivity contribution >= 4 is 58.2 Å². The zero-order valence-corrected chi connectivity index (χ0v) is 11.0. The van der Waals surface area contributed by atoms with Crippen LogP contribution in [0.1, 0.15) is 0 Å². The Morgan fingerprint density at radius 1 is 1.45 bits per heavy atom. The molecular formula is C5H10Cl4SSi. The molecule has 1 atom stereocenters. The average molecular weight is 272 g/mol. The highest BCUT2D eigenvalue weighted by atomic mass is 36.2. The minimum atomic E-state index is -1.95. The first kappa shape index (κ1) is 12.5. The maximum absolute atomic E-state index is 6.08. The zero-order valence-electron chi connectivity index (χ0n) is 6.12. The van der Waals surface area contributed by atoms with E-state index in [1.54, 1.807) is 5.70 Å². The van der Waals surface area contributed by atoms with Crippen LogP contribution in [0.4, 0.5) is 0 Å². The topological polar surface area (TPSA) is 0 Å². The largest absolute Gasteiger partial charge is 0.177 e. The number of rotatable bonds is 4. The highest BCUT2D eigenvalue weighted by Gasteiger charge is 2.24. The van der Waals surface area contributed by atoms with E-state index in [9.17, 15) is 0 Å². The maximum atomic E-state index is 6.08.